The number of hydrogen-bond acceptors (Lipinski definition) is 2. The molecular weight excluding hydrogens is 267 g/mol. The van der Waals surface area contributed by atoms with Gasteiger partial charge in [0, 0.05) is 22.0 Å². The molecule has 0 atom stereocenters. The summed E-state index contributed by atoms with van der Waals surface area (Å²) in [4.78, 5) is 2.46. The van der Waals surface area contributed by atoms with E-state index in [1.165, 1.54) is 0 Å². The maximum Gasteiger partial charge on any atom is 0.0458 e. The molecule has 0 radical (unpaired) electrons. The van der Waals surface area contributed by atoms with Crippen molar-refractivity contribution in [3.8, 4) is 0 Å². The second kappa shape index (κ2) is 5.79. The number of benzene rings is 1. The van der Waals surface area contributed by atoms with Gasteiger partial charge >= 0.3 is 0 Å². The van der Waals surface area contributed by atoms with Crippen LogP contribution in [0.5, 0.6) is 0 Å². The highest BCUT2D eigenvalue weighted by Crippen LogP contribution is 2.39. The maximum absolute atomic E-state index is 6.35. The minimum Gasteiger partial charge on any atom is -0.330 e. The van der Waals surface area contributed by atoms with Crippen molar-refractivity contribution in [3.05, 3.63) is 33.8 Å². The van der Waals surface area contributed by atoms with Crippen molar-refractivity contribution in [1.82, 2.24) is 4.90 Å². The van der Waals surface area contributed by atoms with E-state index in [0.717, 1.165) is 43.1 Å². The van der Waals surface area contributed by atoms with Crippen LogP contribution in [0.1, 0.15) is 25.3 Å². The zero-order chi connectivity index (χ0) is 13.2. The van der Waals surface area contributed by atoms with Crippen LogP contribution in [-0.2, 0) is 5.41 Å². The van der Waals surface area contributed by atoms with E-state index in [9.17, 15) is 0 Å². The topological polar surface area (TPSA) is 29.3 Å². The Bertz CT molecular complexity index is 412. The zero-order valence-corrected chi connectivity index (χ0v) is 12.3. The molecule has 4 heteroatoms. The highest BCUT2D eigenvalue weighted by molar-refractivity contribution is 6.35. The van der Waals surface area contributed by atoms with E-state index < -0.39 is 0 Å². The fourth-order valence-electron chi connectivity index (χ4n) is 2.80. The lowest BCUT2D eigenvalue weighted by atomic mass is 9.73. The van der Waals surface area contributed by atoms with Gasteiger partial charge in [0.15, 0.2) is 0 Å². The summed E-state index contributed by atoms with van der Waals surface area (Å²) in [5, 5.41) is 1.43. The lowest BCUT2D eigenvalue weighted by Crippen LogP contribution is -2.46. The van der Waals surface area contributed by atoms with Gasteiger partial charge < -0.3 is 10.6 Å². The van der Waals surface area contributed by atoms with Crippen LogP contribution < -0.4 is 5.73 Å². The summed E-state index contributed by atoms with van der Waals surface area (Å²) >= 11 is 12.3. The zero-order valence-electron chi connectivity index (χ0n) is 10.8. The number of piperidine rings is 1. The first-order valence-corrected chi connectivity index (χ1v) is 7.25. The normalized spacial score (nSPS) is 20.0. The SMILES string of the molecule is CCN1CCC(CN)(c2ccc(Cl)cc2Cl)CC1. The second-order valence-electron chi connectivity index (χ2n) is 5.04. The van der Waals surface area contributed by atoms with Gasteiger partial charge in [0.1, 0.15) is 0 Å². The van der Waals surface area contributed by atoms with Gasteiger partial charge in [-0.1, -0.05) is 36.2 Å². The highest BCUT2D eigenvalue weighted by atomic mass is 35.5. The maximum atomic E-state index is 6.35. The summed E-state index contributed by atoms with van der Waals surface area (Å²) < 4.78 is 0. The Balaban J connectivity index is 2.28. The molecule has 1 fully saturated rings. The number of nitrogens with two attached hydrogens (primary N) is 1. The molecule has 1 aromatic carbocycles. The third-order valence-corrected chi connectivity index (χ3v) is 4.70. The van der Waals surface area contributed by atoms with Crippen LogP contribution in [0, 0.1) is 0 Å². The van der Waals surface area contributed by atoms with Crippen molar-refractivity contribution in [2.24, 2.45) is 5.73 Å². The third-order valence-electron chi connectivity index (χ3n) is 4.15. The van der Waals surface area contributed by atoms with Crippen LogP contribution in [0.3, 0.4) is 0 Å². The first-order chi connectivity index (χ1) is 8.61. The molecule has 1 aromatic rings. The fraction of sp³-hybridized carbons (Fsp3) is 0.571. The van der Waals surface area contributed by atoms with E-state index in [4.69, 9.17) is 28.9 Å². The van der Waals surface area contributed by atoms with Gasteiger partial charge in [-0.3, -0.25) is 0 Å². The molecule has 0 spiro atoms. The summed E-state index contributed by atoms with van der Waals surface area (Å²) in [7, 11) is 0. The lowest BCUT2D eigenvalue weighted by Gasteiger charge is -2.41. The molecule has 0 aromatic heterocycles. The van der Waals surface area contributed by atoms with Gasteiger partial charge in [0.05, 0.1) is 0 Å². The van der Waals surface area contributed by atoms with E-state index in [-0.39, 0.29) is 5.41 Å². The van der Waals surface area contributed by atoms with Crippen LogP contribution in [0.25, 0.3) is 0 Å². The molecule has 0 unspecified atom stereocenters. The van der Waals surface area contributed by atoms with E-state index in [0.29, 0.717) is 11.6 Å². The fourth-order valence-corrected chi connectivity index (χ4v) is 3.41. The Hall–Kier alpha value is -0.280. The Morgan fingerprint density at radius 2 is 1.94 bits per heavy atom. The third kappa shape index (κ3) is 2.67. The molecule has 0 saturated carbocycles. The molecule has 1 saturated heterocycles. The number of rotatable bonds is 3. The summed E-state index contributed by atoms with van der Waals surface area (Å²) in [5.41, 5.74) is 7.23. The van der Waals surface area contributed by atoms with E-state index >= 15 is 0 Å². The molecule has 1 aliphatic heterocycles. The standard InChI is InChI=1S/C14H20Cl2N2/c1-2-18-7-5-14(10-17,6-8-18)12-4-3-11(15)9-13(12)16/h3-4,9H,2,5-8,10,17H2,1H3. The van der Waals surface area contributed by atoms with Crippen molar-refractivity contribution in [2.75, 3.05) is 26.2 Å². The predicted octanol–water partition coefficient (Wildman–Crippen LogP) is 3.31. The smallest absolute Gasteiger partial charge is 0.0458 e. The molecule has 2 nitrogen and oxygen atoms in total. The van der Waals surface area contributed by atoms with Crippen LogP contribution in [0.15, 0.2) is 18.2 Å². The van der Waals surface area contributed by atoms with E-state index in [1.807, 2.05) is 18.2 Å². The average molecular weight is 287 g/mol. The monoisotopic (exact) mass is 286 g/mol. The average Bonchev–Trinajstić information content (AvgIpc) is 2.39. The molecule has 1 aliphatic rings. The van der Waals surface area contributed by atoms with E-state index in [1.54, 1.807) is 0 Å². The minimum absolute atomic E-state index is 0.0212. The summed E-state index contributed by atoms with van der Waals surface area (Å²) in [6.45, 7) is 6.13. The van der Waals surface area contributed by atoms with Gasteiger partial charge in [0.2, 0.25) is 0 Å². The summed E-state index contributed by atoms with van der Waals surface area (Å²) in [5.74, 6) is 0. The van der Waals surface area contributed by atoms with Gasteiger partial charge in [0.25, 0.3) is 0 Å². The number of halogens is 2. The van der Waals surface area contributed by atoms with Crippen LogP contribution in [0.4, 0.5) is 0 Å². The van der Waals surface area contributed by atoms with Gasteiger partial charge in [-0.25, -0.2) is 0 Å². The van der Waals surface area contributed by atoms with Crippen molar-refractivity contribution >= 4 is 23.2 Å². The Morgan fingerprint density at radius 1 is 1.28 bits per heavy atom. The van der Waals surface area contributed by atoms with Gasteiger partial charge in [-0.2, -0.15) is 0 Å². The minimum atomic E-state index is 0.0212. The molecule has 2 N–H and O–H groups in total. The molecular formula is C14H20Cl2N2. The lowest BCUT2D eigenvalue weighted by molar-refractivity contribution is 0.169. The highest BCUT2D eigenvalue weighted by Gasteiger charge is 2.36. The van der Waals surface area contributed by atoms with Crippen molar-refractivity contribution < 1.29 is 0 Å². The second-order valence-corrected chi connectivity index (χ2v) is 5.89. The Labute approximate surface area is 119 Å². The van der Waals surface area contributed by atoms with Crippen molar-refractivity contribution in [3.63, 3.8) is 0 Å². The molecule has 2 rings (SSSR count). The number of nitrogens with zero attached hydrogens (tertiary/aromatic N) is 1. The van der Waals surface area contributed by atoms with Crippen molar-refractivity contribution in [1.29, 1.82) is 0 Å². The van der Waals surface area contributed by atoms with E-state index in [2.05, 4.69) is 11.8 Å². The molecule has 0 bridgehead atoms. The number of likely N-dealkylation sites (tertiary alicyclic amines) is 1. The largest absolute Gasteiger partial charge is 0.330 e. The summed E-state index contributed by atoms with van der Waals surface area (Å²) in [6.07, 6.45) is 2.14. The first-order valence-electron chi connectivity index (χ1n) is 6.49. The molecule has 18 heavy (non-hydrogen) atoms. The quantitative estimate of drug-likeness (QED) is 0.924. The predicted molar refractivity (Wildman–Crippen MR) is 78.5 cm³/mol. The number of hydrogen-bond donors (Lipinski definition) is 1. The first kappa shape index (κ1) is 14.1. The Kier molecular flexibility index (Phi) is 4.54. The van der Waals surface area contributed by atoms with Gasteiger partial charge in [-0.15, -0.1) is 0 Å². The van der Waals surface area contributed by atoms with Crippen molar-refractivity contribution in [2.45, 2.75) is 25.2 Å². The molecule has 100 valence electrons. The van der Waals surface area contributed by atoms with Crippen LogP contribution >= 0.6 is 23.2 Å². The summed E-state index contributed by atoms with van der Waals surface area (Å²) in [6, 6.07) is 5.77. The van der Waals surface area contributed by atoms with Crippen LogP contribution in [-0.4, -0.2) is 31.1 Å². The molecule has 1 heterocycles. The van der Waals surface area contributed by atoms with Gasteiger partial charge in [-0.05, 0) is 50.2 Å². The Morgan fingerprint density at radius 3 is 2.44 bits per heavy atom. The van der Waals surface area contributed by atoms with Crippen LogP contribution in [0.2, 0.25) is 10.0 Å². The molecule has 0 aliphatic carbocycles. The molecule has 0 amide bonds.